The van der Waals surface area contributed by atoms with Crippen LogP contribution in [0.1, 0.15) is 25.8 Å². The first-order valence-corrected chi connectivity index (χ1v) is 5.74. The summed E-state index contributed by atoms with van der Waals surface area (Å²) in [4.78, 5) is 15.8. The summed E-state index contributed by atoms with van der Waals surface area (Å²) in [6.07, 6.45) is 1.70. The highest BCUT2D eigenvalue weighted by atomic mass is 32.1. The van der Waals surface area contributed by atoms with Gasteiger partial charge in [-0.15, -0.1) is 11.3 Å². The fourth-order valence-corrected chi connectivity index (χ4v) is 1.98. The van der Waals surface area contributed by atoms with Crippen molar-refractivity contribution in [3.05, 3.63) is 51.5 Å². The predicted molar refractivity (Wildman–Crippen MR) is 66.2 cm³/mol. The van der Waals surface area contributed by atoms with E-state index in [4.69, 9.17) is 5.11 Å². The van der Waals surface area contributed by atoms with Gasteiger partial charge in [0.2, 0.25) is 0 Å². The molecule has 0 aliphatic heterocycles. The third kappa shape index (κ3) is 2.92. The van der Waals surface area contributed by atoms with Gasteiger partial charge in [0.15, 0.2) is 0 Å². The number of aryl methyl sites for hydroxylation is 1. The SMILES string of the molecule is Cc1cc(C#Cc2ccc(C(=O)O)s2)ccn1. The van der Waals surface area contributed by atoms with Crippen LogP contribution in [0.4, 0.5) is 0 Å². The molecule has 4 heteroatoms. The van der Waals surface area contributed by atoms with E-state index in [1.54, 1.807) is 18.3 Å². The highest BCUT2D eigenvalue weighted by molar-refractivity contribution is 7.14. The van der Waals surface area contributed by atoms with Crippen molar-refractivity contribution in [3.8, 4) is 11.8 Å². The molecule has 2 aromatic rings. The number of pyridine rings is 1. The number of thiophene rings is 1. The summed E-state index contributed by atoms with van der Waals surface area (Å²) in [6.45, 7) is 1.90. The van der Waals surface area contributed by atoms with Crippen molar-refractivity contribution in [2.24, 2.45) is 0 Å². The summed E-state index contributed by atoms with van der Waals surface area (Å²) < 4.78 is 0. The smallest absolute Gasteiger partial charge is 0.345 e. The molecule has 0 unspecified atom stereocenters. The van der Waals surface area contributed by atoms with Gasteiger partial charge in [-0.25, -0.2) is 4.79 Å². The Kier molecular flexibility index (Phi) is 3.22. The average Bonchev–Trinajstić information content (AvgIpc) is 2.75. The molecular formula is C13H9NO2S. The molecule has 1 N–H and O–H groups in total. The lowest BCUT2D eigenvalue weighted by Crippen LogP contribution is -1.89. The zero-order chi connectivity index (χ0) is 12.3. The van der Waals surface area contributed by atoms with Crippen molar-refractivity contribution < 1.29 is 9.90 Å². The predicted octanol–water partition coefficient (Wildman–Crippen LogP) is 2.55. The lowest BCUT2D eigenvalue weighted by atomic mass is 10.2. The maximum Gasteiger partial charge on any atom is 0.345 e. The molecule has 3 nitrogen and oxygen atoms in total. The van der Waals surface area contributed by atoms with Crippen molar-refractivity contribution in [2.45, 2.75) is 6.92 Å². The Morgan fingerprint density at radius 2 is 2.18 bits per heavy atom. The van der Waals surface area contributed by atoms with E-state index in [0.717, 1.165) is 16.1 Å². The van der Waals surface area contributed by atoms with E-state index >= 15 is 0 Å². The van der Waals surface area contributed by atoms with Crippen molar-refractivity contribution in [3.63, 3.8) is 0 Å². The molecule has 0 bridgehead atoms. The fourth-order valence-electron chi connectivity index (χ4n) is 1.28. The first-order chi connectivity index (χ1) is 8.15. The largest absolute Gasteiger partial charge is 0.477 e. The van der Waals surface area contributed by atoms with Crippen LogP contribution >= 0.6 is 11.3 Å². The van der Waals surface area contributed by atoms with Gasteiger partial charge in [0.05, 0.1) is 4.88 Å². The lowest BCUT2D eigenvalue weighted by Gasteiger charge is -1.90. The third-order valence-corrected chi connectivity index (χ3v) is 3.03. The zero-order valence-corrected chi connectivity index (χ0v) is 9.91. The van der Waals surface area contributed by atoms with Gasteiger partial charge >= 0.3 is 5.97 Å². The molecule has 0 amide bonds. The minimum atomic E-state index is -0.914. The normalized spacial score (nSPS) is 9.47. The summed E-state index contributed by atoms with van der Waals surface area (Å²) in [6, 6.07) is 6.99. The Morgan fingerprint density at radius 1 is 1.35 bits per heavy atom. The highest BCUT2D eigenvalue weighted by Gasteiger charge is 2.04. The van der Waals surface area contributed by atoms with E-state index in [1.165, 1.54) is 11.3 Å². The van der Waals surface area contributed by atoms with E-state index in [2.05, 4.69) is 16.8 Å². The molecule has 2 aromatic heterocycles. The number of hydrogen-bond acceptors (Lipinski definition) is 3. The quantitative estimate of drug-likeness (QED) is 0.783. The van der Waals surface area contributed by atoms with Crippen LogP contribution in [-0.2, 0) is 0 Å². The summed E-state index contributed by atoms with van der Waals surface area (Å²) in [7, 11) is 0. The lowest BCUT2D eigenvalue weighted by molar-refractivity contribution is 0.0702. The van der Waals surface area contributed by atoms with Gasteiger partial charge in [0.1, 0.15) is 4.88 Å². The molecule has 0 aromatic carbocycles. The molecule has 0 spiro atoms. The molecule has 0 fully saturated rings. The van der Waals surface area contributed by atoms with Gasteiger partial charge in [-0.2, -0.15) is 0 Å². The van der Waals surface area contributed by atoms with E-state index in [0.29, 0.717) is 4.88 Å². The van der Waals surface area contributed by atoms with Crippen molar-refractivity contribution in [1.29, 1.82) is 0 Å². The molecular weight excluding hydrogens is 234 g/mol. The number of aromatic carboxylic acids is 1. The van der Waals surface area contributed by atoms with Crippen LogP contribution in [0.2, 0.25) is 0 Å². The van der Waals surface area contributed by atoms with Crippen LogP contribution in [0, 0.1) is 18.8 Å². The minimum absolute atomic E-state index is 0.306. The van der Waals surface area contributed by atoms with Gasteiger partial charge < -0.3 is 5.11 Å². The second kappa shape index (κ2) is 4.81. The van der Waals surface area contributed by atoms with Crippen LogP contribution in [0.15, 0.2) is 30.5 Å². The number of carboxylic acids is 1. The van der Waals surface area contributed by atoms with E-state index < -0.39 is 5.97 Å². The second-order valence-electron chi connectivity index (χ2n) is 3.40. The Labute approximate surface area is 103 Å². The van der Waals surface area contributed by atoms with Crippen LogP contribution in [0.25, 0.3) is 0 Å². The minimum Gasteiger partial charge on any atom is -0.477 e. The molecule has 17 heavy (non-hydrogen) atoms. The van der Waals surface area contributed by atoms with Gasteiger partial charge in [0, 0.05) is 17.5 Å². The topological polar surface area (TPSA) is 50.2 Å². The van der Waals surface area contributed by atoms with Crippen molar-refractivity contribution >= 4 is 17.3 Å². The Hall–Kier alpha value is -2.12. The van der Waals surface area contributed by atoms with Crippen LogP contribution in [0.3, 0.4) is 0 Å². The number of rotatable bonds is 1. The summed E-state index contributed by atoms with van der Waals surface area (Å²) >= 11 is 1.18. The maximum atomic E-state index is 10.7. The highest BCUT2D eigenvalue weighted by Crippen LogP contribution is 2.15. The van der Waals surface area contributed by atoms with Crippen LogP contribution < -0.4 is 0 Å². The van der Waals surface area contributed by atoms with Gasteiger partial charge in [-0.1, -0.05) is 11.8 Å². The molecule has 2 heterocycles. The monoisotopic (exact) mass is 243 g/mol. The third-order valence-electron chi connectivity index (χ3n) is 2.04. The van der Waals surface area contributed by atoms with Crippen LogP contribution in [-0.4, -0.2) is 16.1 Å². The molecule has 0 atom stereocenters. The van der Waals surface area contributed by atoms with Crippen molar-refractivity contribution in [2.75, 3.05) is 0 Å². The molecule has 84 valence electrons. The molecule has 0 saturated heterocycles. The Morgan fingerprint density at radius 3 is 2.82 bits per heavy atom. The van der Waals surface area contributed by atoms with E-state index in [-0.39, 0.29) is 0 Å². The number of carbonyl (C=O) groups is 1. The van der Waals surface area contributed by atoms with Gasteiger partial charge in [-0.3, -0.25) is 4.98 Å². The number of aromatic nitrogens is 1. The van der Waals surface area contributed by atoms with Gasteiger partial charge in [-0.05, 0) is 31.2 Å². The summed E-state index contributed by atoms with van der Waals surface area (Å²) in [5, 5.41) is 8.77. The molecule has 0 radical (unpaired) electrons. The zero-order valence-electron chi connectivity index (χ0n) is 9.10. The first kappa shape index (κ1) is 11.4. The number of nitrogens with zero attached hydrogens (tertiary/aromatic N) is 1. The van der Waals surface area contributed by atoms with Crippen molar-refractivity contribution in [1.82, 2.24) is 4.98 Å². The van der Waals surface area contributed by atoms with Crippen LogP contribution in [0.5, 0.6) is 0 Å². The molecule has 0 aliphatic carbocycles. The first-order valence-electron chi connectivity index (χ1n) is 4.93. The maximum absolute atomic E-state index is 10.7. The number of hydrogen-bond donors (Lipinski definition) is 1. The average molecular weight is 243 g/mol. The Bertz CT molecular complexity index is 620. The molecule has 0 aliphatic rings. The van der Waals surface area contributed by atoms with Gasteiger partial charge in [0.25, 0.3) is 0 Å². The summed E-state index contributed by atoms with van der Waals surface area (Å²) in [5.41, 5.74) is 1.79. The molecule has 2 rings (SSSR count). The summed E-state index contributed by atoms with van der Waals surface area (Å²) in [5.74, 6) is 5.01. The molecule has 0 saturated carbocycles. The number of carboxylic acid groups (broad SMARTS) is 1. The Balaban J connectivity index is 2.23. The standard InChI is InChI=1S/C13H9NO2S/c1-9-8-10(6-7-14-9)2-3-11-4-5-12(17-11)13(15)16/h4-8H,1H3,(H,15,16). The van der Waals surface area contributed by atoms with E-state index in [1.807, 2.05) is 19.1 Å². The second-order valence-corrected chi connectivity index (χ2v) is 4.49. The van der Waals surface area contributed by atoms with E-state index in [9.17, 15) is 4.79 Å². The fraction of sp³-hybridized carbons (Fsp3) is 0.0769.